The van der Waals surface area contributed by atoms with Crippen LogP contribution in [0, 0.1) is 11.8 Å². The summed E-state index contributed by atoms with van der Waals surface area (Å²) in [6.07, 6.45) is 12.7. The van der Waals surface area contributed by atoms with Crippen LogP contribution < -0.4 is 5.56 Å². The molecule has 0 bridgehead atoms. The first-order valence-electron chi connectivity index (χ1n) is 11.8. The average molecular weight is 399 g/mol. The van der Waals surface area contributed by atoms with E-state index in [-0.39, 0.29) is 23.4 Å². The Labute approximate surface area is 173 Å². The molecule has 4 aliphatic rings. The number of aromatic nitrogens is 2. The molecule has 29 heavy (non-hydrogen) atoms. The van der Waals surface area contributed by atoms with Crippen molar-refractivity contribution in [1.82, 2.24) is 19.8 Å². The number of hydrogen-bond donors (Lipinski definition) is 1. The van der Waals surface area contributed by atoms with Gasteiger partial charge >= 0.3 is 0 Å². The van der Waals surface area contributed by atoms with Crippen LogP contribution in [0.3, 0.4) is 0 Å². The van der Waals surface area contributed by atoms with E-state index < -0.39 is 0 Å². The molecular formula is C23H34N4O2. The lowest BCUT2D eigenvalue weighted by Crippen LogP contribution is -2.41. The van der Waals surface area contributed by atoms with Crippen molar-refractivity contribution in [2.75, 3.05) is 19.6 Å². The molecule has 0 unspecified atom stereocenters. The zero-order valence-corrected chi connectivity index (χ0v) is 17.5. The largest absolute Gasteiger partial charge is 0.332 e. The van der Waals surface area contributed by atoms with Gasteiger partial charge in [0.2, 0.25) is 5.91 Å². The van der Waals surface area contributed by atoms with Gasteiger partial charge in [-0.05, 0) is 44.4 Å². The second kappa shape index (κ2) is 8.21. The smallest absolute Gasteiger partial charge is 0.255 e. The molecular weight excluding hydrogens is 364 g/mol. The Morgan fingerprint density at radius 3 is 2.59 bits per heavy atom. The van der Waals surface area contributed by atoms with Gasteiger partial charge in [-0.1, -0.05) is 25.7 Å². The van der Waals surface area contributed by atoms with Crippen LogP contribution in [-0.2, 0) is 17.8 Å². The second-order valence-electron chi connectivity index (χ2n) is 9.68. The fraction of sp³-hybridized carbons (Fsp3) is 0.783. The summed E-state index contributed by atoms with van der Waals surface area (Å²) in [7, 11) is 0. The molecule has 1 aromatic rings. The predicted molar refractivity (Wildman–Crippen MR) is 111 cm³/mol. The van der Waals surface area contributed by atoms with Gasteiger partial charge in [0.25, 0.3) is 5.56 Å². The number of nitrogens with one attached hydrogen (secondary N) is 1. The first-order valence-corrected chi connectivity index (χ1v) is 11.8. The molecule has 158 valence electrons. The summed E-state index contributed by atoms with van der Waals surface area (Å²) in [5.74, 6) is 1.99. The lowest BCUT2D eigenvalue weighted by atomic mass is 9.84. The van der Waals surface area contributed by atoms with E-state index in [9.17, 15) is 9.59 Å². The molecule has 1 N–H and O–H groups in total. The van der Waals surface area contributed by atoms with Crippen molar-refractivity contribution in [3.05, 3.63) is 27.4 Å². The third-order valence-corrected chi connectivity index (χ3v) is 7.71. The third-order valence-electron chi connectivity index (χ3n) is 7.71. The summed E-state index contributed by atoms with van der Waals surface area (Å²) in [5.41, 5.74) is 1.83. The Hall–Kier alpha value is -1.69. The van der Waals surface area contributed by atoms with Crippen molar-refractivity contribution in [2.24, 2.45) is 11.8 Å². The number of H-pyrrole nitrogens is 1. The Balaban J connectivity index is 1.31. The van der Waals surface area contributed by atoms with Gasteiger partial charge in [0.1, 0.15) is 5.82 Å². The molecule has 0 radical (unpaired) electrons. The zero-order chi connectivity index (χ0) is 19.8. The molecule has 6 nitrogen and oxygen atoms in total. The summed E-state index contributed by atoms with van der Waals surface area (Å²) >= 11 is 0. The highest BCUT2D eigenvalue weighted by Crippen LogP contribution is 2.36. The number of likely N-dealkylation sites (tertiary alicyclic amines) is 1. The maximum Gasteiger partial charge on any atom is 0.255 e. The maximum absolute atomic E-state index is 12.9. The average Bonchev–Trinajstić information content (AvgIpc) is 3.18. The summed E-state index contributed by atoms with van der Waals surface area (Å²) < 4.78 is 0. The van der Waals surface area contributed by atoms with E-state index >= 15 is 0 Å². The quantitative estimate of drug-likeness (QED) is 0.846. The molecule has 6 heteroatoms. The monoisotopic (exact) mass is 398 g/mol. The van der Waals surface area contributed by atoms with E-state index in [0.29, 0.717) is 0 Å². The topological polar surface area (TPSA) is 69.3 Å². The van der Waals surface area contributed by atoms with Crippen molar-refractivity contribution < 1.29 is 4.79 Å². The third kappa shape index (κ3) is 3.88. The lowest BCUT2D eigenvalue weighted by molar-refractivity contribution is -0.139. The van der Waals surface area contributed by atoms with E-state index in [0.717, 1.165) is 81.3 Å². The van der Waals surface area contributed by atoms with E-state index in [1.54, 1.807) is 0 Å². The molecule has 0 aromatic carbocycles. The number of amides is 1. The molecule has 3 fully saturated rings. The number of rotatable bonds is 4. The number of aromatic amines is 1. The summed E-state index contributed by atoms with van der Waals surface area (Å²) in [5, 5.41) is 0. The Bertz CT molecular complexity index is 810. The van der Waals surface area contributed by atoms with Crippen LogP contribution in [0.2, 0.25) is 0 Å². The summed E-state index contributed by atoms with van der Waals surface area (Å²) in [6.45, 7) is 3.64. The van der Waals surface area contributed by atoms with Gasteiger partial charge in [0, 0.05) is 38.5 Å². The molecule has 1 saturated heterocycles. The number of nitrogens with zero attached hydrogens (tertiary/aromatic N) is 3. The molecule has 3 heterocycles. The van der Waals surface area contributed by atoms with Gasteiger partial charge in [-0.15, -0.1) is 0 Å². The highest BCUT2D eigenvalue weighted by Gasteiger charge is 2.38. The standard InChI is InChI=1S/C23H34N4O2/c28-22-18-15-26(14-16-6-2-1-3-7-16)13-11-19(18)24-21(25-22)20-10-5-12-27(20)23(29)17-8-4-9-17/h16-17,20H,1-15H2,(H,24,25,28)/t20-/m1/s1. The molecule has 1 atom stereocenters. The number of carbonyl (C=O) groups is 1. The van der Waals surface area contributed by atoms with Crippen LogP contribution in [0.4, 0.5) is 0 Å². The van der Waals surface area contributed by atoms with E-state index in [2.05, 4.69) is 9.88 Å². The predicted octanol–water partition coefficient (Wildman–Crippen LogP) is 3.17. The Morgan fingerprint density at radius 2 is 1.83 bits per heavy atom. The van der Waals surface area contributed by atoms with Gasteiger partial charge in [-0.2, -0.15) is 0 Å². The Morgan fingerprint density at radius 1 is 1.00 bits per heavy atom. The molecule has 2 aliphatic carbocycles. The van der Waals surface area contributed by atoms with Crippen LogP contribution in [0.1, 0.15) is 87.3 Å². The minimum absolute atomic E-state index is 0.0151. The summed E-state index contributed by atoms with van der Waals surface area (Å²) in [6, 6.07) is -0.0404. The van der Waals surface area contributed by atoms with Crippen molar-refractivity contribution in [3.8, 4) is 0 Å². The maximum atomic E-state index is 12.9. The highest BCUT2D eigenvalue weighted by atomic mass is 16.2. The zero-order valence-electron chi connectivity index (χ0n) is 17.5. The molecule has 5 rings (SSSR count). The van der Waals surface area contributed by atoms with Crippen LogP contribution >= 0.6 is 0 Å². The Kier molecular flexibility index (Phi) is 5.46. The van der Waals surface area contributed by atoms with Crippen LogP contribution in [0.5, 0.6) is 0 Å². The molecule has 2 saturated carbocycles. The summed E-state index contributed by atoms with van der Waals surface area (Å²) in [4.78, 5) is 38.2. The lowest BCUT2D eigenvalue weighted by Gasteiger charge is -2.34. The van der Waals surface area contributed by atoms with Crippen LogP contribution in [-0.4, -0.2) is 45.3 Å². The van der Waals surface area contributed by atoms with Crippen molar-refractivity contribution in [2.45, 2.75) is 83.2 Å². The molecule has 2 aliphatic heterocycles. The minimum atomic E-state index is -0.0404. The first-order chi connectivity index (χ1) is 14.2. The van der Waals surface area contributed by atoms with Crippen molar-refractivity contribution in [3.63, 3.8) is 0 Å². The highest BCUT2D eigenvalue weighted by molar-refractivity contribution is 5.80. The van der Waals surface area contributed by atoms with Gasteiger partial charge in [0.05, 0.1) is 17.3 Å². The fourth-order valence-electron chi connectivity index (χ4n) is 5.75. The first kappa shape index (κ1) is 19.3. The van der Waals surface area contributed by atoms with Gasteiger partial charge in [-0.25, -0.2) is 4.98 Å². The fourth-order valence-corrected chi connectivity index (χ4v) is 5.75. The van der Waals surface area contributed by atoms with Crippen LogP contribution in [0.25, 0.3) is 0 Å². The van der Waals surface area contributed by atoms with Crippen LogP contribution in [0.15, 0.2) is 4.79 Å². The van der Waals surface area contributed by atoms with E-state index in [1.165, 1.54) is 38.5 Å². The normalized spacial score (nSPS) is 26.3. The van der Waals surface area contributed by atoms with E-state index in [4.69, 9.17) is 4.98 Å². The molecule has 1 amide bonds. The molecule has 1 aromatic heterocycles. The second-order valence-corrected chi connectivity index (χ2v) is 9.68. The minimum Gasteiger partial charge on any atom is -0.332 e. The van der Waals surface area contributed by atoms with Crippen molar-refractivity contribution in [1.29, 1.82) is 0 Å². The van der Waals surface area contributed by atoms with E-state index in [1.807, 2.05) is 4.90 Å². The van der Waals surface area contributed by atoms with Gasteiger partial charge in [-0.3, -0.25) is 14.5 Å². The van der Waals surface area contributed by atoms with Gasteiger partial charge < -0.3 is 9.88 Å². The SMILES string of the molecule is O=C(C1CCC1)N1CCC[C@@H]1c1nc2c(c(=O)[nH]1)CN(CC1CCCCC1)CC2. The molecule has 0 spiro atoms. The number of carbonyl (C=O) groups excluding carboxylic acids is 1. The van der Waals surface area contributed by atoms with Crippen molar-refractivity contribution >= 4 is 5.91 Å². The van der Waals surface area contributed by atoms with Gasteiger partial charge in [0.15, 0.2) is 0 Å². The number of hydrogen-bond acceptors (Lipinski definition) is 4. The number of fused-ring (bicyclic) bond motifs is 1.